The summed E-state index contributed by atoms with van der Waals surface area (Å²) >= 11 is 0. The van der Waals surface area contributed by atoms with Crippen molar-refractivity contribution in [2.75, 3.05) is 6.61 Å². The van der Waals surface area contributed by atoms with Crippen LogP contribution >= 0.6 is 0 Å². The van der Waals surface area contributed by atoms with Crippen LogP contribution in [0.1, 0.15) is 37.4 Å². The average molecular weight is 301 g/mol. The second-order valence-electron chi connectivity index (χ2n) is 5.09. The fourth-order valence-electron chi connectivity index (χ4n) is 2.29. The molecule has 0 radical (unpaired) electrons. The highest BCUT2D eigenvalue weighted by Crippen LogP contribution is 2.31. The standard InChI is InChI=1S/C16H19N3O3/c1-4-20-13-7-5-6-12-8-14(21-16(12)13)10(2)17-9-15-18-11(3)19-22-15/h5-8,10,17H,4,9H2,1-3H3/t10-/m1/s1. The lowest BCUT2D eigenvalue weighted by molar-refractivity contribution is 0.333. The molecule has 1 atom stereocenters. The number of nitrogens with zero attached hydrogens (tertiary/aromatic N) is 2. The van der Waals surface area contributed by atoms with Gasteiger partial charge in [0.25, 0.3) is 0 Å². The molecule has 0 bridgehead atoms. The Morgan fingerprint density at radius 1 is 1.36 bits per heavy atom. The summed E-state index contributed by atoms with van der Waals surface area (Å²) in [4.78, 5) is 4.17. The molecule has 3 rings (SSSR count). The average Bonchev–Trinajstić information content (AvgIpc) is 3.12. The molecule has 0 aliphatic heterocycles. The van der Waals surface area contributed by atoms with Crippen molar-refractivity contribution < 1.29 is 13.7 Å². The van der Waals surface area contributed by atoms with Crippen LogP contribution in [0.15, 0.2) is 33.2 Å². The third-order valence-corrected chi connectivity index (χ3v) is 3.38. The SMILES string of the molecule is CCOc1cccc2cc([C@@H](C)NCc3nc(C)no3)oc12. The van der Waals surface area contributed by atoms with Gasteiger partial charge in [-0.25, -0.2) is 0 Å². The smallest absolute Gasteiger partial charge is 0.240 e. The number of aromatic nitrogens is 2. The van der Waals surface area contributed by atoms with Gasteiger partial charge in [-0.3, -0.25) is 5.32 Å². The first kappa shape index (κ1) is 14.6. The molecule has 0 aliphatic rings. The van der Waals surface area contributed by atoms with Crippen LogP contribution in [-0.2, 0) is 6.54 Å². The molecule has 0 spiro atoms. The maximum atomic E-state index is 5.95. The summed E-state index contributed by atoms with van der Waals surface area (Å²) < 4.78 is 16.6. The Balaban J connectivity index is 1.76. The van der Waals surface area contributed by atoms with E-state index in [0.717, 1.165) is 22.5 Å². The van der Waals surface area contributed by atoms with Crippen LogP contribution < -0.4 is 10.1 Å². The van der Waals surface area contributed by atoms with Crippen LogP contribution in [0, 0.1) is 6.92 Å². The predicted molar refractivity (Wildman–Crippen MR) is 81.7 cm³/mol. The van der Waals surface area contributed by atoms with Crippen molar-refractivity contribution in [1.82, 2.24) is 15.5 Å². The molecule has 2 aromatic heterocycles. The number of aryl methyl sites for hydroxylation is 1. The second-order valence-corrected chi connectivity index (χ2v) is 5.09. The highest BCUT2D eigenvalue weighted by molar-refractivity contribution is 5.83. The van der Waals surface area contributed by atoms with Gasteiger partial charge in [0, 0.05) is 5.39 Å². The normalized spacial score (nSPS) is 12.7. The Morgan fingerprint density at radius 2 is 2.23 bits per heavy atom. The second kappa shape index (κ2) is 6.19. The van der Waals surface area contributed by atoms with Crippen LogP contribution in [-0.4, -0.2) is 16.7 Å². The van der Waals surface area contributed by atoms with E-state index in [1.54, 1.807) is 6.92 Å². The molecule has 6 nitrogen and oxygen atoms in total. The minimum atomic E-state index is 0.0223. The van der Waals surface area contributed by atoms with E-state index in [2.05, 4.69) is 15.5 Å². The molecule has 1 aromatic carbocycles. The highest BCUT2D eigenvalue weighted by atomic mass is 16.5. The zero-order valence-electron chi connectivity index (χ0n) is 12.9. The number of benzene rings is 1. The molecule has 0 saturated carbocycles. The maximum absolute atomic E-state index is 5.95. The molecule has 3 aromatic rings. The lowest BCUT2D eigenvalue weighted by atomic mass is 10.2. The number of rotatable bonds is 6. The lowest BCUT2D eigenvalue weighted by Crippen LogP contribution is -2.17. The molecule has 0 saturated heterocycles. The minimum absolute atomic E-state index is 0.0223. The molecular weight excluding hydrogens is 282 g/mol. The fourth-order valence-corrected chi connectivity index (χ4v) is 2.29. The Bertz CT molecular complexity index is 763. The zero-order chi connectivity index (χ0) is 15.5. The molecule has 116 valence electrons. The molecule has 6 heteroatoms. The van der Waals surface area contributed by atoms with Crippen molar-refractivity contribution in [3.05, 3.63) is 41.7 Å². The molecule has 2 heterocycles. The number of fused-ring (bicyclic) bond motifs is 1. The van der Waals surface area contributed by atoms with Gasteiger partial charge in [-0.1, -0.05) is 17.3 Å². The first-order chi connectivity index (χ1) is 10.7. The Labute approximate surface area is 128 Å². The molecule has 22 heavy (non-hydrogen) atoms. The van der Waals surface area contributed by atoms with Gasteiger partial charge in [0.2, 0.25) is 5.89 Å². The summed E-state index contributed by atoms with van der Waals surface area (Å²) in [5.74, 6) is 2.81. The van der Waals surface area contributed by atoms with E-state index in [-0.39, 0.29) is 6.04 Å². The Kier molecular flexibility index (Phi) is 4.11. The van der Waals surface area contributed by atoms with Crippen LogP contribution in [0.25, 0.3) is 11.0 Å². The Hall–Kier alpha value is -2.34. The van der Waals surface area contributed by atoms with Gasteiger partial charge in [-0.15, -0.1) is 0 Å². The summed E-state index contributed by atoms with van der Waals surface area (Å²) in [6.45, 7) is 6.89. The highest BCUT2D eigenvalue weighted by Gasteiger charge is 2.15. The largest absolute Gasteiger partial charge is 0.490 e. The molecule has 0 unspecified atom stereocenters. The zero-order valence-corrected chi connectivity index (χ0v) is 12.9. The van der Waals surface area contributed by atoms with Gasteiger partial charge in [-0.2, -0.15) is 4.98 Å². The molecule has 0 aliphatic carbocycles. The number of para-hydroxylation sites is 1. The van der Waals surface area contributed by atoms with Crippen molar-refractivity contribution in [1.29, 1.82) is 0 Å². The van der Waals surface area contributed by atoms with Crippen molar-refractivity contribution in [3.8, 4) is 5.75 Å². The van der Waals surface area contributed by atoms with E-state index >= 15 is 0 Å². The van der Waals surface area contributed by atoms with Gasteiger partial charge in [0.1, 0.15) is 5.76 Å². The summed E-state index contributed by atoms with van der Waals surface area (Å²) in [5, 5.41) is 8.11. The van der Waals surface area contributed by atoms with E-state index in [1.165, 1.54) is 0 Å². The molecule has 0 amide bonds. The minimum Gasteiger partial charge on any atom is -0.490 e. The summed E-state index contributed by atoms with van der Waals surface area (Å²) in [6, 6.07) is 7.94. The van der Waals surface area contributed by atoms with Gasteiger partial charge in [0.05, 0.1) is 19.2 Å². The van der Waals surface area contributed by atoms with E-state index in [1.807, 2.05) is 38.1 Å². The molecular formula is C16H19N3O3. The van der Waals surface area contributed by atoms with E-state index in [9.17, 15) is 0 Å². The van der Waals surface area contributed by atoms with E-state index in [4.69, 9.17) is 13.7 Å². The summed E-state index contributed by atoms with van der Waals surface area (Å²) in [5.41, 5.74) is 0.779. The van der Waals surface area contributed by atoms with Crippen LogP contribution in [0.4, 0.5) is 0 Å². The molecule has 0 fully saturated rings. The Morgan fingerprint density at radius 3 is 2.95 bits per heavy atom. The van der Waals surface area contributed by atoms with E-state index < -0.39 is 0 Å². The summed E-state index contributed by atoms with van der Waals surface area (Å²) in [7, 11) is 0. The quantitative estimate of drug-likeness (QED) is 0.752. The number of hydrogen-bond acceptors (Lipinski definition) is 6. The van der Waals surface area contributed by atoms with Crippen molar-refractivity contribution in [3.63, 3.8) is 0 Å². The summed E-state index contributed by atoms with van der Waals surface area (Å²) in [6.07, 6.45) is 0. The van der Waals surface area contributed by atoms with Crippen molar-refractivity contribution in [2.45, 2.75) is 33.4 Å². The number of furan rings is 1. The van der Waals surface area contributed by atoms with Crippen LogP contribution in [0.3, 0.4) is 0 Å². The molecule has 1 N–H and O–H groups in total. The van der Waals surface area contributed by atoms with E-state index in [0.29, 0.717) is 24.9 Å². The van der Waals surface area contributed by atoms with Crippen LogP contribution in [0.2, 0.25) is 0 Å². The maximum Gasteiger partial charge on any atom is 0.240 e. The van der Waals surface area contributed by atoms with Crippen LogP contribution in [0.5, 0.6) is 5.75 Å². The first-order valence-electron chi connectivity index (χ1n) is 7.35. The number of nitrogens with one attached hydrogen (secondary N) is 1. The number of ether oxygens (including phenoxy) is 1. The first-order valence-corrected chi connectivity index (χ1v) is 7.35. The van der Waals surface area contributed by atoms with Gasteiger partial charge >= 0.3 is 0 Å². The number of hydrogen-bond donors (Lipinski definition) is 1. The van der Waals surface area contributed by atoms with Crippen molar-refractivity contribution in [2.24, 2.45) is 0 Å². The predicted octanol–water partition coefficient (Wildman–Crippen LogP) is 3.37. The van der Waals surface area contributed by atoms with Gasteiger partial charge in [-0.05, 0) is 32.9 Å². The lowest BCUT2D eigenvalue weighted by Gasteiger charge is -2.08. The van der Waals surface area contributed by atoms with Gasteiger partial charge in [0.15, 0.2) is 17.2 Å². The third kappa shape index (κ3) is 2.96. The monoisotopic (exact) mass is 301 g/mol. The van der Waals surface area contributed by atoms with Gasteiger partial charge < -0.3 is 13.7 Å². The third-order valence-electron chi connectivity index (χ3n) is 3.38. The fraction of sp³-hybridized carbons (Fsp3) is 0.375. The topological polar surface area (TPSA) is 73.3 Å². The van der Waals surface area contributed by atoms with Crippen molar-refractivity contribution >= 4 is 11.0 Å².